The number of hydrogen-bond donors (Lipinski definition) is 1. The van der Waals surface area contributed by atoms with Gasteiger partial charge in [0.15, 0.2) is 0 Å². The maximum absolute atomic E-state index is 5.59. The summed E-state index contributed by atoms with van der Waals surface area (Å²) in [4.78, 5) is 2.58. The lowest BCUT2D eigenvalue weighted by Crippen LogP contribution is -2.48. The fraction of sp³-hybridized carbons (Fsp3) is 0.478. The van der Waals surface area contributed by atoms with Crippen molar-refractivity contribution in [2.75, 3.05) is 32.8 Å². The highest BCUT2D eigenvalue weighted by Crippen LogP contribution is 2.47. The Bertz CT molecular complexity index is 678. The molecular formula is C23H30N2O. The second-order valence-corrected chi connectivity index (χ2v) is 7.82. The SMILES string of the molecule is C[C@H](NCC1(c2ccccc2)CC1)[C@@H](c1ccccc1)N1CCOCC1. The lowest BCUT2D eigenvalue weighted by molar-refractivity contribution is 0.00853. The molecule has 2 aliphatic rings. The average Bonchev–Trinajstić information content (AvgIpc) is 3.50. The number of morpholine rings is 1. The monoisotopic (exact) mass is 350 g/mol. The normalized spacial score (nSPS) is 21.9. The van der Waals surface area contributed by atoms with Gasteiger partial charge < -0.3 is 10.1 Å². The first-order valence-corrected chi connectivity index (χ1v) is 9.94. The van der Waals surface area contributed by atoms with E-state index in [9.17, 15) is 0 Å². The summed E-state index contributed by atoms with van der Waals surface area (Å²) in [7, 11) is 0. The topological polar surface area (TPSA) is 24.5 Å². The third-order valence-electron chi connectivity index (χ3n) is 6.06. The predicted octanol–water partition coefficient (Wildman–Crippen LogP) is 3.77. The fourth-order valence-electron chi connectivity index (χ4n) is 4.30. The van der Waals surface area contributed by atoms with Crippen LogP contribution in [0.1, 0.15) is 36.9 Å². The van der Waals surface area contributed by atoms with E-state index >= 15 is 0 Å². The van der Waals surface area contributed by atoms with Crippen LogP contribution in [-0.2, 0) is 10.2 Å². The molecule has 138 valence electrons. The van der Waals surface area contributed by atoms with Gasteiger partial charge in [-0.2, -0.15) is 0 Å². The molecule has 0 spiro atoms. The Labute approximate surface area is 157 Å². The zero-order valence-corrected chi connectivity index (χ0v) is 15.7. The van der Waals surface area contributed by atoms with Crippen LogP contribution in [0.4, 0.5) is 0 Å². The van der Waals surface area contributed by atoms with Gasteiger partial charge in [-0.05, 0) is 30.9 Å². The molecular weight excluding hydrogens is 320 g/mol. The summed E-state index contributed by atoms with van der Waals surface area (Å²) in [6.07, 6.45) is 2.59. The van der Waals surface area contributed by atoms with Crippen LogP contribution < -0.4 is 5.32 Å². The van der Waals surface area contributed by atoms with Crippen molar-refractivity contribution in [3.05, 3.63) is 71.8 Å². The van der Waals surface area contributed by atoms with E-state index in [0.29, 0.717) is 17.5 Å². The number of nitrogens with zero attached hydrogens (tertiary/aromatic N) is 1. The zero-order chi connectivity index (χ0) is 17.8. The first-order valence-electron chi connectivity index (χ1n) is 9.94. The van der Waals surface area contributed by atoms with E-state index in [2.05, 4.69) is 77.8 Å². The lowest BCUT2D eigenvalue weighted by Gasteiger charge is -2.39. The van der Waals surface area contributed by atoms with Gasteiger partial charge in [-0.25, -0.2) is 0 Å². The highest BCUT2D eigenvalue weighted by atomic mass is 16.5. The maximum atomic E-state index is 5.59. The second-order valence-electron chi connectivity index (χ2n) is 7.82. The number of nitrogens with one attached hydrogen (secondary N) is 1. The summed E-state index contributed by atoms with van der Waals surface area (Å²) in [6.45, 7) is 7.10. The Kier molecular flexibility index (Phi) is 5.39. The molecule has 3 heteroatoms. The maximum Gasteiger partial charge on any atom is 0.0594 e. The summed E-state index contributed by atoms with van der Waals surface area (Å²) in [6, 6.07) is 22.8. The van der Waals surface area contributed by atoms with Gasteiger partial charge in [-0.1, -0.05) is 60.7 Å². The minimum Gasteiger partial charge on any atom is -0.379 e. The summed E-state index contributed by atoms with van der Waals surface area (Å²) >= 11 is 0. The van der Waals surface area contributed by atoms with Crippen molar-refractivity contribution in [2.45, 2.75) is 37.3 Å². The van der Waals surface area contributed by atoms with Crippen LogP contribution in [0.25, 0.3) is 0 Å². The molecule has 1 heterocycles. The summed E-state index contributed by atoms with van der Waals surface area (Å²) in [5, 5.41) is 3.90. The molecule has 1 aliphatic heterocycles. The summed E-state index contributed by atoms with van der Waals surface area (Å²) in [5.74, 6) is 0. The van der Waals surface area contributed by atoms with Crippen molar-refractivity contribution in [2.24, 2.45) is 0 Å². The van der Waals surface area contributed by atoms with E-state index in [-0.39, 0.29) is 0 Å². The van der Waals surface area contributed by atoms with Crippen LogP contribution in [0.2, 0.25) is 0 Å². The number of hydrogen-bond acceptors (Lipinski definition) is 3. The molecule has 1 saturated heterocycles. The Morgan fingerprint density at radius 1 is 0.962 bits per heavy atom. The molecule has 2 aromatic rings. The van der Waals surface area contributed by atoms with Crippen LogP contribution in [0.3, 0.4) is 0 Å². The van der Waals surface area contributed by atoms with E-state index in [1.165, 1.54) is 24.0 Å². The second kappa shape index (κ2) is 7.91. The van der Waals surface area contributed by atoms with Crippen molar-refractivity contribution in [1.82, 2.24) is 10.2 Å². The van der Waals surface area contributed by atoms with E-state index in [1.807, 2.05) is 0 Å². The first kappa shape index (κ1) is 17.7. The molecule has 3 nitrogen and oxygen atoms in total. The van der Waals surface area contributed by atoms with Gasteiger partial charge in [0.2, 0.25) is 0 Å². The van der Waals surface area contributed by atoms with Gasteiger partial charge in [-0.3, -0.25) is 4.90 Å². The van der Waals surface area contributed by atoms with Crippen molar-refractivity contribution in [1.29, 1.82) is 0 Å². The minimum atomic E-state index is 0.349. The molecule has 0 amide bonds. The molecule has 0 bridgehead atoms. The van der Waals surface area contributed by atoms with Gasteiger partial charge in [0.05, 0.1) is 19.3 Å². The molecule has 0 aromatic heterocycles. The van der Waals surface area contributed by atoms with Gasteiger partial charge in [0.1, 0.15) is 0 Å². The third kappa shape index (κ3) is 3.85. The van der Waals surface area contributed by atoms with Gasteiger partial charge in [0.25, 0.3) is 0 Å². The fourth-order valence-corrected chi connectivity index (χ4v) is 4.30. The Morgan fingerprint density at radius 3 is 2.19 bits per heavy atom. The molecule has 4 rings (SSSR count). The summed E-state index contributed by atoms with van der Waals surface area (Å²) in [5.41, 5.74) is 3.24. The molecule has 2 atom stereocenters. The number of benzene rings is 2. The quantitative estimate of drug-likeness (QED) is 0.823. The number of ether oxygens (including phenoxy) is 1. The molecule has 1 N–H and O–H groups in total. The predicted molar refractivity (Wildman–Crippen MR) is 106 cm³/mol. The Balaban J connectivity index is 1.47. The third-order valence-corrected chi connectivity index (χ3v) is 6.06. The molecule has 1 saturated carbocycles. The van der Waals surface area contributed by atoms with E-state index in [0.717, 1.165) is 32.8 Å². The zero-order valence-electron chi connectivity index (χ0n) is 15.7. The molecule has 2 aromatic carbocycles. The molecule has 0 unspecified atom stereocenters. The van der Waals surface area contributed by atoms with E-state index in [1.54, 1.807) is 0 Å². The Morgan fingerprint density at radius 2 is 1.58 bits per heavy atom. The van der Waals surface area contributed by atoms with Crippen molar-refractivity contribution < 1.29 is 4.74 Å². The van der Waals surface area contributed by atoms with Crippen LogP contribution >= 0.6 is 0 Å². The summed E-state index contributed by atoms with van der Waals surface area (Å²) < 4.78 is 5.59. The molecule has 0 radical (unpaired) electrons. The first-order chi connectivity index (χ1) is 12.8. The van der Waals surface area contributed by atoms with Crippen molar-refractivity contribution >= 4 is 0 Å². The largest absolute Gasteiger partial charge is 0.379 e. The minimum absolute atomic E-state index is 0.349. The van der Waals surface area contributed by atoms with Gasteiger partial charge >= 0.3 is 0 Å². The smallest absolute Gasteiger partial charge is 0.0594 e. The van der Waals surface area contributed by atoms with Crippen LogP contribution in [0.15, 0.2) is 60.7 Å². The molecule has 26 heavy (non-hydrogen) atoms. The lowest BCUT2D eigenvalue weighted by atomic mass is 9.94. The molecule has 1 aliphatic carbocycles. The average molecular weight is 351 g/mol. The molecule has 2 fully saturated rings. The standard InChI is InChI=1S/C23H30N2O/c1-19(24-18-23(12-13-23)21-10-6-3-7-11-21)22(20-8-4-2-5-9-20)25-14-16-26-17-15-25/h2-11,19,22,24H,12-18H2,1H3/t19-,22-/m0/s1. The van der Waals surface area contributed by atoms with Crippen molar-refractivity contribution in [3.63, 3.8) is 0 Å². The highest BCUT2D eigenvalue weighted by Gasteiger charge is 2.44. The number of rotatable bonds is 7. The highest BCUT2D eigenvalue weighted by molar-refractivity contribution is 5.32. The van der Waals surface area contributed by atoms with E-state index in [4.69, 9.17) is 4.74 Å². The van der Waals surface area contributed by atoms with Crippen molar-refractivity contribution in [3.8, 4) is 0 Å². The van der Waals surface area contributed by atoms with Crippen LogP contribution in [0.5, 0.6) is 0 Å². The van der Waals surface area contributed by atoms with E-state index < -0.39 is 0 Å². The van der Waals surface area contributed by atoms with Crippen LogP contribution in [0, 0.1) is 0 Å². The van der Waals surface area contributed by atoms with Gasteiger partial charge in [-0.15, -0.1) is 0 Å². The van der Waals surface area contributed by atoms with Crippen LogP contribution in [-0.4, -0.2) is 43.8 Å². The van der Waals surface area contributed by atoms with Gasteiger partial charge in [0, 0.05) is 31.1 Å². The Hall–Kier alpha value is -1.68.